The fourth-order valence-corrected chi connectivity index (χ4v) is 1.99. The Bertz CT molecular complexity index is 129. The molecule has 0 aromatic carbocycles. The van der Waals surface area contributed by atoms with Crippen molar-refractivity contribution in [3.8, 4) is 0 Å². The molecule has 66 valence electrons. The molecule has 1 saturated heterocycles. The van der Waals surface area contributed by atoms with Crippen molar-refractivity contribution >= 4 is 0 Å². The fraction of sp³-hybridized carbons (Fsp3) is 1.00. The second kappa shape index (κ2) is 3.14. The minimum Gasteiger partial charge on any atom is -0.306 e. The van der Waals surface area contributed by atoms with E-state index < -0.39 is 0 Å². The summed E-state index contributed by atoms with van der Waals surface area (Å²) in [5, 5.41) is 0. The molecule has 0 amide bonds. The first-order valence-corrected chi connectivity index (χ1v) is 4.71. The Morgan fingerprint density at radius 1 is 1.36 bits per heavy atom. The monoisotopic (exact) mass is 155 g/mol. The zero-order chi connectivity index (χ0) is 8.48. The van der Waals surface area contributed by atoms with Crippen LogP contribution in [0, 0.1) is 11.3 Å². The van der Waals surface area contributed by atoms with Crippen LogP contribution in [0.2, 0.25) is 0 Å². The van der Waals surface area contributed by atoms with E-state index in [4.69, 9.17) is 0 Å². The molecule has 0 aromatic heterocycles. The van der Waals surface area contributed by atoms with Crippen LogP contribution in [0.4, 0.5) is 0 Å². The molecule has 1 rings (SSSR count). The molecule has 0 aliphatic carbocycles. The van der Waals surface area contributed by atoms with Crippen LogP contribution < -0.4 is 0 Å². The summed E-state index contributed by atoms with van der Waals surface area (Å²) < 4.78 is 0. The van der Waals surface area contributed by atoms with E-state index in [1.54, 1.807) is 0 Å². The predicted molar refractivity (Wildman–Crippen MR) is 49.7 cm³/mol. The zero-order valence-electron chi connectivity index (χ0n) is 8.35. The standard InChI is InChI=1S/C10H21N/c1-9-6-5-7-11(4)8-10(9,2)3/h9H,5-8H2,1-4H3. The van der Waals surface area contributed by atoms with Crippen molar-refractivity contribution in [2.45, 2.75) is 33.6 Å². The number of likely N-dealkylation sites (tertiary alicyclic amines) is 1. The summed E-state index contributed by atoms with van der Waals surface area (Å²) in [6, 6.07) is 0. The third-order valence-corrected chi connectivity index (χ3v) is 3.19. The lowest BCUT2D eigenvalue weighted by atomic mass is 9.78. The first-order chi connectivity index (χ1) is 5.02. The number of rotatable bonds is 0. The normalized spacial score (nSPS) is 33.3. The summed E-state index contributed by atoms with van der Waals surface area (Å²) >= 11 is 0. The van der Waals surface area contributed by atoms with Gasteiger partial charge in [0.05, 0.1) is 0 Å². The van der Waals surface area contributed by atoms with E-state index >= 15 is 0 Å². The highest BCUT2D eigenvalue weighted by Crippen LogP contribution is 2.32. The average Bonchev–Trinajstić information content (AvgIpc) is 1.93. The van der Waals surface area contributed by atoms with Gasteiger partial charge in [-0.3, -0.25) is 0 Å². The molecule has 0 bridgehead atoms. The van der Waals surface area contributed by atoms with Crippen LogP contribution in [0.5, 0.6) is 0 Å². The molecule has 0 spiro atoms. The zero-order valence-corrected chi connectivity index (χ0v) is 8.35. The maximum absolute atomic E-state index is 2.46. The van der Waals surface area contributed by atoms with Gasteiger partial charge >= 0.3 is 0 Å². The van der Waals surface area contributed by atoms with Crippen molar-refractivity contribution in [3.05, 3.63) is 0 Å². The third-order valence-electron chi connectivity index (χ3n) is 3.19. The SMILES string of the molecule is CC1CCCN(C)CC1(C)C. The molecule has 1 aliphatic heterocycles. The molecule has 0 N–H and O–H groups in total. The number of nitrogens with zero attached hydrogens (tertiary/aromatic N) is 1. The highest BCUT2D eigenvalue weighted by Gasteiger charge is 2.29. The second-order valence-electron chi connectivity index (χ2n) is 4.77. The van der Waals surface area contributed by atoms with Gasteiger partial charge in [0, 0.05) is 6.54 Å². The maximum Gasteiger partial charge on any atom is 0.00322 e. The molecule has 0 aromatic rings. The van der Waals surface area contributed by atoms with Gasteiger partial charge in [-0.1, -0.05) is 20.8 Å². The van der Waals surface area contributed by atoms with Gasteiger partial charge in [0.25, 0.3) is 0 Å². The van der Waals surface area contributed by atoms with Crippen LogP contribution >= 0.6 is 0 Å². The minimum absolute atomic E-state index is 0.519. The molecule has 1 fully saturated rings. The molecular weight excluding hydrogens is 134 g/mol. The van der Waals surface area contributed by atoms with Crippen LogP contribution in [-0.2, 0) is 0 Å². The molecule has 1 heteroatoms. The molecule has 1 nitrogen and oxygen atoms in total. The first kappa shape index (κ1) is 9.05. The lowest BCUT2D eigenvalue weighted by molar-refractivity contribution is 0.175. The summed E-state index contributed by atoms with van der Waals surface area (Å²) in [7, 11) is 2.24. The molecule has 0 radical (unpaired) electrons. The second-order valence-corrected chi connectivity index (χ2v) is 4.77. The van der Waals surface area contributed by atoms with Crippen LogP contribution in [0.15, 0.2) is 0 Å². The minimum atomic E-state index is 0.519. The molecule has 11 heavy (non-hydrogen) atoms. The number of hydrogen-bond donors (Lipinski definition) is 0. The van der Waals surface area contributed by atoms with E-state index in [1.165, 1.54) is 25.9 Å². The van der Waals surface area contributed by atoms with Crippen molar-refractivity contribution in [1.82, 2.24) is 4.90 Å². The Balaban J connectivity index is 2.60. The van der Waals surface area contributed by atoms with Crippen molar-refractivity contribution in [3.63, 3.8) is 0 Å². The summed E-state index contributed by atoms with van der Waals surface area (Å²) in [4.78, 5) is 2.46. The first-order valence-electron chi connectivity index (χ1n) is 4.71. The quantitative estimate of drug-likeness (QED) is 0.519. The molecule has 0 saturated carbocycles. The Morgan fingerprint density at radius 2 is 2.00 bits per heavy atom. The summed E-state index contributed by atoms with van der Waals surface area (Å²) in [5.74, 6) is 0.882. The number of hydrogen-bond acceptors (Lipinski definition) is 1. The lowest BCUT2D eigenvalue weighted by Gasteiger charge is -2.32. The van der Waals surface area contributed by atoms with Crippen LogP contribution in [0.3, 0.4) is 0 Å². The Labute approximate surface area is 70.8 Å². The molecule has 1 atom stereocenters. The largest absolute Gasteiger partial charge is 0.306 e. The predicted octanol–water partition coefficient (Wildman–Crippen LogP) is 2.37. The maximum atomic E-state index is 2.46. The van der Waals surface area contributed by atoms with Crippen molar-refractivity contribution in [1.29, 1.82) is 0 Å². The van der Waals surface area contributed by atoms with Gasteiger partial charge in [-0.25, -0.2) is 0 Å². The van der Waals surface area contributed by atoms with Gasteiger partial charge in [-0.15, -0.1) is 0 Å². The van der Waals surface area contributed by atoms with E-state index in [2.05, 4.69) is 32.7 Å². The van der Waals surface area contributed by atoms with E-state index in [-0.39, 0.29) is 0 Å². The Hall–Kier alpha value is -0.0400. The van der Waals surface area contributed by atoms with Crippen LogP contribution in [0.1, 0.15) is 33.6 Å². The van der Waals surface area contributed by atoms with Gasteiger partial charge in [0.1, 0.15) is 0 Å². The summed E-state index contributed by atoms with van der Waals surface area (Å²) in [6.07, 6.45) is 2.78. The Kier molecular flexibility index (Phi) is 2.58. The summed E-state index contributed by atoms with van der Waals surface area (Å²) in [5.41, 5.74) is 0.519. The van der Waals surface area contributed by atoms with Gasteiger partial charge in [-0.2, -0.15) is 0 Å². The van der Waals surface area contributed by atoms with Crippen molar-refractivity contribution < 1.29 is 0 Å². The van der Waals surface area contributed by atoms with Crippen LogP contribution in [0.25, 0.3) is 0 Å². The van der Waals surface area contributed by atoms with E-state index in [9.17, 15) is 0 Å². The van der Waals surface area contributed by atoms with Gasteiger partial charge in [0.2, 0.25) is 0 Å². The van der Waals surface area contributed by atoms with Crippen molar-refractivity contribution in [2.24, 2.45) is 11.3 Å². The molecule has 1 unspecified atom stereocenters. The van der Waals surface area contributed by atoms with Crippen LogP contribution in [-0.4, -0.2) is 25.0 Å². The van der Waals surface area contributed by atoms with E-state index in [0.717, 1.165) is 5.92 Å². The smallest absolute Gasteiger partial charge is 0.00322 e. The lowest BCUT2D eigenvalue weighted by Crippen LogP contribution is -2.32. The van der Waals surface area contributed by atoms with E-state index in [0.29, 0.717) is 5.41 Å². The third kappa shape index (κ3) is 2.19. The molecule has 1 heterocycles. The fourth-order valence-electron chi connectivity index (χ4n) is 1.99. The van der Waals surface area contributed by atoms with Gasteiger partial charge in [-0.05, 0) is 37.8 Å². The topological polar surface area (TPSA) is 3.24 Å². The summed E-state index contributed by atoms with van der Waals surface area (Å²) in [6.45, 7) is 9.71. The average molecular weight is 155 g/mol. The molecular formula is C10H21N. The van der Waals surface area contributed by atoms with Crippen molar-refractivity contribution in [2.75, 3.05) is 20.1 Å². The molecule has 1 aliphatic rings. The van der Waals surface area contributed by atoms with E-state index in [1.807, 2.05) is 0 Å². The van der Waals surface area contributed by atoms with Gasteiger partial charge in [0.15, 0.2) is 0 Å². The highest BCUT2D eigenvalue weighted by molar-refractivity contribution is 4.81. The van der Waals surface area contributed by atoms with Gasteiger partial charge < -0.3 is 4.90 Å². The highest BCUT2D eigenvalue weighted by atomic mass is 15.1. The Morgan fingerprint density at radius 3 is 2.64 bits per heavy atom.